The maximum absolute atomic E-state index is 12.7. The zero-order valence-corrected chi connectivity index (χ0v) is 10.7. The normalized spacial score (nSPS) is 12.3. The van der Waals surface area contributed by atoms with E-state index in [1.165, 1.54) is 12.1 Å². The Bertz CT molecular complexity index is 676. The third kappa shape index (κ3) is 3.63. The van der Waals surface area contributed by atoms with E-state index in [1.54, 1.807) is 0 Å². The van der Waals surface area contributed by atoms with Gasteiger partial charge in [0.25, 0.3) is 0 Å². The average Bonchev–Trinajstić information content (AvgIpc) is 2.37. The molecule has 0 saturated carbocycles. The van der Waals surface area contributed by atoms with E-state index in [4.69, 9.17) is 0 Å². The molecule has 0 fully saturated rings. The molecule has 0 spiro atoms. The molecule has 0 unspecified atom stereocenters. The van der Waals surface area contributed by atoms with Crippen molar-refractivity contribution in [3.8, 4) is 22.6 Å². The summed E-state index contributed by atoms with van der Waals surface area (Å²) < 4.78 is 78.9. The van der Waals surface area contributed by atoms with Crippen molar-refractivity contribution >= 4 is 0 Å². The monoisotopic (exact) mass is 322 g/mol. The number of phenolic OH excluding ortho intramolecular Hbond substituents is 1. The lowest BCUT2D eigenvalue weighted by molar-refractivity contribution is -0.274. The highest BCUT2D eigenvalue weighted by molar-refractivity contribution is 5.76. The van der Waals surface area contributed by atoms with Crippen molar-refractivity contribution in [1.82, 2.24) is 0 Å². The molecule has 1 N–H and O–H groups in total. The molecule has 0 aliphatic heterocycles. The van der Waals surface area contributed by atoms with E-state index in [0.29, 0.717) is 12.1 Å². The third-order valence-corrected chi connectivity index (χ3v) is 2.73. The van der Waals surface area contributed by atoms with Crippen molar-refractivity contribution < 1.29 is 36.2 Å². The zero-order valence-electron chi connectivity index (χ0n) is 10.7. The van der Waals surface area contributed by atoms with Crippen LogP contribution in [0.1, 0.15) is 5.56 Å². The van der Waals surface area contributed by atoms with Gasteiger partial charge in [-0.1, -0.05) is 18.2 Å². The van der Waals surface area contributed by atoms with Gasteiger partial charge in [0, 0.05) is 11.1 Å². The summed E-state index contributed by atoms with van der Waals surface area (Å²) in [5.74, 6) is -1.30. The Labute approximate surface area is 120 Å². The van der Waals surface area contributed by atoms with E-state index in [9.17, 15) is 31.4 Å². The summed E-state index contributed by atoms with van der Waals surface area (Å²) in [5, 5.41) is 9.67. The van der Waals surface area contributed by atoms with Gasteiger partial charge in [0.1, 0.15) is 11.5 Å². The van der Waals surface area contributed by atoms with Crippen LogP contribution in [-0.2, 0) is 6.18 Å². The minimum absolute atomic E-state index is 0.302. The maximum atomic E-state index is 12.7. The Morgan fingerprint density at radius 1 is 0.818 bits per heavy atom. The first-order valence-corrected chi connectivity index (χ1v) is 5.83. The first-order valence-electron chi connectivity index (χ1n) is 5.83. The molecule has 0 aromatic heterocycles. The van der Waals surface area contributed by atoms with Crippen LogP contribution in [0.5, 0.6) is 11.5 Å². The first kappa shape index (κ1) is 16.0. The average molecular weight is 322 g/mol. The summed E-state index contributed by atoms with van der Waals surface area (Å²) in [7, 11) is 0. The molecule has 0 atom stereocenters. The van der Waals surface area contributed by atoms with Gasteiger partial charge >= 0.3 is 12.5 Å². The lowest BCUT2D eigenvalue weighted by Gasteiger charge is -2.15. The molecule has 2 nitrogen and oxygen atoms in total. The topological polar surface area (TPSA) is 29.5 Å². The van der Waals surface area contributed by atoms with Gasteiger partial charge in [0.05, 0.1) is 5.56 Å². The quantitative estimate of drug-likeness (QED) is 0.791. The van der Waals surface area contributed by atoms with E-state index in [0.717, 1.165) is 18.2 Å². The summed E-state index contributed by atoms with van der Waals surface area (Å²) in [4.78, 5) is 0. The summed E-state index contributed by atoms with van der Waals surface area (Å²) in [6, 6.07) is 6.58. The molecule has 0 saturated heterocycles. The Morgan fingerprint density at radius 2 is 1.45 bits per heavy atom. The molecule has 2 aromatic carbocycles. The molecule has 0 radical (unpaired) electrons. The fourth-order valence-electron chi connectivity index (χ4n) is 1.83. The Hall–Kier alpha value is -2.38. The molecular weight excluding hydrogens is 314 g/mol. The number of hydrogen-bond acceptors (Lipinski definition) is 2. The van der Waals surface area contributed by atoms with Gasteiger partial charge < -0.3 is 9.84 Å². The van der Waals surface area contributed by atoms with Crippen molar-refractivity contribution in [3.63, 3.8) is 0 Å². The van der Waals surface area contributed by atoms with Gasteiger partial charge in [0.15, 0.2) is 0 Å². The molecule has 2 rings (SSSR count). The molecular formula is C14H8F6O2. The predicted octanol–water partition coefficient (Wildman–Crippen LogP) is 4.98. The van der Waals surface area contributed by atoms with E-state index >= 15 is 0 Å². The van der Waals surface area contributed by atoms with Gasteiger partial charge in [-0.05, 0) is 24.3 Å². The molecule has 0 bridgehead atoms. The number of halogens is 6. The summed E-state index contributed by atoms with van der Waals surface area (Å²) in [5.41, 5.74) is -1.81. The minimum atomic E-state index is -5.01. The lowest BCUT2D eigenvalue weighted by atomic mass is 10.0. The fourth-order valence-corrected chi connectivity index (χ4v) is 1.83. The highest BCUT2D eigenvalue weighted by Crippen LogP contribution is 2.41. The van der Waals surface area contributed by atoms with Crippen LogP contribution in [0.4, 0.5) is 26.3 Å². The summed E-state index contributed by atoms with van der Waals surface area (Å²) >= 11 is 0. The molecule has 22 heavy (non-hydrogen) atoms. The Kier molecular flexibility index (Phi) is 3.95. The van der Waals surface area contributed by atoms with E-state index in [-0.39, 0.29) is 5.56 Å². The second kappa shape index (κ2) is 5.43. The Balaban J connectivity index is 2.57. The van der Waals surface area contributed by atoms with Crippen molar-refractivity contribution in [2.45, 2.75) is 12.5 Å². The number of benzene rings is 2. The molecule has 0 aliphatic rings. The zero-order chi connectivity index (χ0) is 16.5. The highest BCUT2D eigenvalue weighted by Gasteiger charge is 2.34. The number of hydrogen-bond donors (Lipinski definition) is 1. The van der Waals surface area contributed by atoms with Crippen LogP contribution in [0.25, 0.3) is 11.1 Å². The number of ether oxygens (including phenoxy) is 1. The smallest absolute Gasteiger partial charge is 0.507 e. The summed E-state index contributed by atoms with van der Waals surface area (Å²) in [6.45, 7) is 0. The second-order valence-electron chi connectivity index (χ2n) is 4.27. The van der Waals surface area contributed by atoms with Crippen LogP contribution in [-0.4, -0.2) is 11.5 Å². The van der Waals surface area contributed by atoms with Crippen LogP contribution in [0.2, 0.25) is 0 Å². The third-order valence-electron chi connectivity index (χ3n) is 2.73. The summed E-state index contributed by atoms with van der Waals surface area (Å²) in [6.07, 6.45) is -9.70. The number of phenols is 1. The fraction of sp³-hybridized carbons (Fsp3) is 0.143. The number of alkyl halides is 6. The molecule has 8 heteroatoms. The number of aromatic hydroxyl groups is 1. The van der Waals surface area contributed by atoms with E-state index < -0.39 is 35.2 Å². The van der Waals surface area contributed by atoms with Crippen LogP contribution >= 0.6 is 0 Å². The van der Waals surface area contributed by atoms with Crippen molar-refractivity contribution in [3.05, 3.63) is 48.0 Å². The Morgan fingerprint density at radius 3 is 2.05 bits per heavy atom. The minimum Gasteiger partial charge on any atom is -0.507 e. The molecule has 0 heterocycles. The largest absolute Gasteiger partial charge is 0.573 e. The standard InChI is InChI=1S/C14H8F6O2/c15-13(16,17)8-5-6-11(21)10(7-8)9-3-1-2-4-12(9)22-14(18,19)20/h1-7,21H. The van der Waals surface area contributed by atoms with Crippen LogP contribution in [0.3, 0.4) is 0 Å². The van der Waals surface area contributed by atoms with Crippen molar-refractivity contribution in [2.24, 2.45) is 0 Å². The SMILES string of the molecule is Oc1ccc(C(F)(F)F)cc1-c1ccccc1OC(F)(F)F. The first-order chi connectivity index (χ1) is 10.1. The van der Waals surface area contributed by atoms with Crippen LogP contribution in [0.15, 0.2) is 42.5 Å². The number of rotatable bonds is 2. The van der Waals surface area contributed by atoms with Gasteiger partial charge in [-0.25, -0.2) is 0 Å². The van der Waals surface area contributed by atoms with Gasteiger partial charge in [0.2, 0.25) is 0 Å². The molecule has 2 aromatic rings. The van der Waals surface area contributed by atoms with Crippen molar-refractivity contribution in [2.75, 3.05) is 0 Å². The molecule has 0 amide bonds. The van der Waals surface area contributed by atoms with Gasteiger partial charge in [-0.3, -0.25) is 0 Å². The van der Waals surface area contributed by atoms with E-state index in [2.05, 4.69) is 4.74 Å². The number of para-hydroxylation sites is 1. The van der Waals surface area contributed by atoms with Gasteiger partial charge in [-0.2, -0.15) is 13.2 Å². The highest BCUT2D eigenvalue weighted by atomic mass is 19.4. The maximum Gasteiger partial charge on any atom is 0.573 e. The van der Waals surface area contributed by atoms with Crippen LogP contribution in [0, 0.1) is 0 Å². The predicted molar refractivity (Wildman–Crippen MR) is 65.2 cm³/mol. The second-order valence-corrected chi connectivity index (χ2v) is 4.27. The van der Waals surface area contributed by atoms with Crippen LogP contribution < -0.4 is 4.74 Å². The van der Waals surface area contributed by atoms with Gasteiger partial charge in [-0.15, -0.1) is 13.2 Å². The lowest BCUT2D eigenvalue weighted by Crippen LogP contribution is -2.17. The van der Waals surface area contributed by atoms with Crippen molar-refractivity contribution in [1.29, 1.82) is 0 Å². The molecule has 0 aliphatic carbocycles. The van der Waals surface area contributed by atoms with E-state index in [1.807, 2.05) is 0 Å². The molecule has 118 valence electrons.